The van der Waals surface area contributed by atoms with E-state index in [-0.39, 0.29) is 5.82 Å². The smallest absolute Gasteiger partial charge is 0.312 e. The molecule has 1 aromatic carbocycles. The molecule has 1 N–H and O–H groups in total. The number of carboxylic acids is 1. The van der Waals surface area contributed by atoms with Crippen molar-refractivity contribution in [1.29, 1.82) is 0 Å². The average Bonchev–Trinajstić information content (AvgIpc) is 2.35. The normalized spacial score (nSPS) is 10.1. The number of rotatable bonds is 6. The van der Waals surface area contributed by atoms with Crippen LogP contribution in [0.25, 0.3) is 0 Å². The second-order valence-corrected chi connectivity index (χ2v) is 4.09. The molecule has 0 aliphatic heterocycles. The number of halogens is 1. The number of carbonyl (C=O) groups is 2. The maximum atomic E-state index is 13.1. The van der Waals surface area contributed by atoms with Gasteiger partial charge in [-0.2, -0.15) is 0 Å². The summed E-state index contributed by atoms with van der Waals surface area (Å²) in [6, 6.07) is 4.15. The summed E-state index contributed by atoms with van der Waals surface area (Å²) in [6.07, 6.45) is -0.153. The lowest BCUT2D eigenvalue weighted by molar-refractivity contribution is -0.143. The van der Waals surface area contributed by atoms with Crippen LogP contribution in [0, 0.1) is 5.82 Å². The Morgan fingerprint density at radius 3 is 2.68 bits per heavy atom. The molecular formula is C13H16FNO4. The summed E-state index contributed by atoms with van der Waals surface area (Å²) in [4.78, 5) is 23.2. The van der Waals surface area contributed by atoms with E-state index in [1.54, 1.807) is 0 Å². The van der Waals surface area contributed by atoms with E-state index in [1.807, 2.05) is 0 Å². The molecule has 0 radical (unpaired) electrons. The van der Waals surface area contributed by atoms with Gasteiger partial charge in [0.15, 0.2) is 0 Å². The second kappa shape index (κ2) is 6.72. The van der Waals surface area contributed by atoms with E-state index < -0.39 is 18.3 Å². The lowest BCUT2D eigenvalue weighted by Crippen LogP contribution is -2.30. The highest BCUT2D eigenvalue weighted by molar-refractivity contribution is 5.93. The van der Waals surface area contributed by atoms with Gasteiger partial charge < -0.3 is 14.7 Å². The fourth-order valence-electron chi connectivity index (χ4n) is 1.62. The van der Waals surface area contributed by atoms with Crippen molar-refractivity contribution in [2.24, 2.45) is 0 Å². The highest BCUT2D eigenvalue weighted by Gasteiger charge is 2.13. The van der Waals surface area contributed by atoms with Crippen LogP contribution in [0.2, 0.25) is 0 Å². The fraction of sp³-hybridized carbons (Fsp3) is 0.385. The highest BCUT2D eigenvalue weighted by atomic mass is 19.1. The highest BCUT2D eigenvalue weighted by Crippen LogP contribution is 2.19. The van der Waals surface area contributed by atoms with Crippen molar-refractivity contribution in [2.75, 3.05) is 20.7 Å². The molecular weight excluding hydrogens is 253 g/mol. The summed E-state index contributed by atoms with van der Waals surface area (Å²) < 4.78 is 18.2. The van der Waals surface area contributed by atoms with Gasteiger partial charge in [-0.15, -0.1) is 0 Å². The molecule has 19 heavy (non-hydrogen) atoms. The molecule has 0 fully saturated rings. The summed E-state index contributed by atoms with van der Waals surface area (Å²) in [5.74, 6) is -1.49. The Morgan fingerprint density at radius 2 is 2.11 bits per heavy atom. The van der Waals surface area contributed by atoms with Crippen molar-refractivity contribution < 1.29 is 23.8 Å². The van der Waals surface area contributed by atoms with E-state index in [2.05, 4.69) is 0 Å². The van der Waals surface area contributed by atoms with Crippen LogP contribution in [0.15, 0.2) is 18.2 Å². The van der Waals surface area contributed by atoms with Gasteiger partial charge in [-0.3, -0.25) is 9.59 Å². The zero-order chi connectivity index (χ0) is 14.4. The van der Waals surface area contributed by atoms with Gasteiger partial charge in [0.25, 0.3) is 0 Å². The maximum Gasteiger partial charge on any atom is 0.312 e. The van der Waals surface area contributed by atoms with Crippen molar-refractivity contribution in [3.8, 4) is 5.75 Å². The number of methoxy groups -OCH3 is 1. The van der Waals surface area contributed by atoms with Crippen LogP contribution >= 0.6 is 0 Å². The lowest BCUT2D eigenvalue weighted by Gasteiger charge is -2.17. The Labute approximate surface area is 110 Å². The zero-order valence-corrected chi connectivity index (χ0v) is 10.9. The molecule has 104 valence electrons. The number of hydrogen-bond donors (Lipinski definition) is 1. The molecule has 5 nitrogen and oxygen atoms in total. The third-order valence-electron chi connectivity index (χ3n) is 2.69. The third kappa shape index (κ3) is 4.57. The SMILES string of the molecule is COc1ccc(F)cc1CCN(C)C(=O)CC(=O)O. The van der Waals surface area contributed by atoms with Crippen LogP contribution < -0.4 is 4.74 Å². The lowest BCUT2D eigenvalue weighted by atomic mass is 10.1. The molecule has 0 bridgehead atoms. The summed E-state index contributed by atoms with van der Waals surface area (Å²) in [5, 5.41) is 8.52. The molecule has 0 saturated heterocycles. The minimum Gasteiger partial charge on any atom is -0.496 e. The number of amides is 1. The van der Waals surface area contributed by atoms with Gasteiger partial charge in [-0.05, 0) is 30.2 Å². The van der Waals surface area contributed by atoms with E-state index in [1.165, 1.54) is 37.3 Å². The van der Waals surface area contributed by atoms with Crippen molar-refractivity contribution >= 4 is 11.9 Å². The van der Waals surface area contributed by atoms with Crippen LogP contribution in [0.4, 0.5) is 4.39 Å². The molecule has 0 unspecified atom stereocenters. The van der Waals surface area contributed by atoms with Crippen molar-refractivity contribution in [3.63, 3.8) is 0 Å². The van der Waals surface area contributed by atoms with E-state index in [0.717, 1.165) is 0 Å². The summed E-state index contributed by atoms with van der Waals surface area (Å²) in [7, 11) is 2.99. The minimum atomic E-state index is -1.17. The van der Waals surface area contributed by atoms with E-state index in [0.29, 0.717) is 24.3 Å². The predicted molar refractivity (Wildman–Crippen MR) is 66.5 cm³/mol. The average molecular weight is 269 g/mol. The number of aliphatic carboxylic acids is 1. The summed E-state index contributed by atoms with van der Waals surface area (Å²) in [6.45, 7) is 0.298. The Hall–Kier alpha value is -2.11. The summed E-state index contributed by atoms with van der Waals surface area (Å²) in [5.41, 5.74) is 0.637. The first-order chi connectivity index (χ1) is 8.93. The number of ether oxygens (including phenoxy) is 1. The minimum absolute atomic E-state index is 0.298. The topological polar surface area (TPSA) is 66.8 Å². The first-order valence-electron chi connectivity index (χ1n) is 5.72. The van der Waals surface area contributed by atoms with E-state index in [9.17, 15) is 14.0 Å². The number of nitrogens with zero attached hydrogens (tertiary/aromatic N) is 1. The largest absolute Gasteiger partial charge is 0.496 e. The monoisotopic (exact) mass is 269 g/mol. The van der Waals surface area contributed by atoms with Crippen LogP contribution in [-0.2, 0) is 16.0 Å². The van der Waals surface area contributed by atoms with Crippen molar-refractivity contribution in [2.45, 2.75) is 12.8 Å². The Bertz CT molecular complexity index is 476. The van der Waals surface area contributed by atoms with Gasteiger partial charge in [0.2, 0.25) is 5.91 Å². The Kier molecular flexibility index (Phi) is 5.29. The quantitative estimate of drug-likeness (QED) is 0.791. The number of hydrogen-bond acceptors (Lipinski definition) is 3. The molecule has 1 rings (SSSR count). The number of carbonyl (C=O) groups excluding carboxylic acids is 1. The maximum absolute atomic E-state index is 13.1. The second-order valence-electron chi connectivity index (χ2n) is 4.09. The first-order valence-corrected chi connectivity index (χ1v) is 5.72. The van der Waals surface area contributed by atoms with Crippen LogP contribution in [0.1, 0.15) is 12.0 Å². The zero-order valence-electron chi connectivity index (χ0n) is 10.9. The molecule has 0 saturated carbocycles. The molecule has 0 aliphatic carbocycles. The molecule has 0 atom stereocenters. The van der Waals surface area contributed by atoms with Crippen LogP contribution in [-0.4, -0.2) is 42.6 Å². The van der Waals surface area contributed by atoms with Gasteiger partial charge in [0.1, 0.15) is 18.0 Å². The van der Waals surface area contributed by atoms with Crippen LogP contribution in [0.5, 0.6) is 5.75 Å². The Balaban J connectivity index is 2.63. The van der Waals surface area contributed by atoms with Gasteiger partial charge in [-0.25, -0.2) is 4.39 Å². The third-order valence-corrected chi connectivity index (χ3v) is 2.69. The molecule has 0 aliphatic rings. The van der Waals surface area contributed by atoms with Crippen LogP contribution in [0.3, 0.4) is 0 Å². The van der Waals surface area contributed by atoms with Gasteiger partial charge >= 0.3 is 5.97 Å². The fourth-order valence-corrected chi connectivity index (χ4v) is 1.62. The molecule has 0 heterocycles. The molecule has 1 aromatic rings. The van der Waals surface area contributed by atoms with Gasteiger partial charge in [-0.1, -0.05) is 0 Å². The predicted octanol–water partition coefficient (Wildman–Crippen LogP) is 1.31. The van der Waals surface area contributed by atoms with Crippen molar-refractivity contribution in [1.82, 2.24) is 4.90 Å². The van der Waals surface area contributed by atoms with Gasteiger partial charge in [0, 0.05) is 13.6 Å². The van der Waals surface area contributed by atoms with Gasteiger partial charge in [0.05, 0.1) is 7.11 Å². The number of carboxylic acid groups (broad SMARTS) is 1. The molecule has 0 spiro atoms. The van der Waals surface area contributed by atoms with E-state index in [4.69, 9.17) is 9.84 Å². The van der Waals surface area contributed by atoms with E-state index >= 15 is 0 Å². The Morgan fingerprint density at radius 1 is 1.42 bits per heavy atom. The molecule has 1 amide bonds. The number of likely N-dealkylation sites (N-methyl/N-ethyl adjacent to an activating group) is 1. The van der Waals surface area contributed by atoms with Crippen molar-refractivity contribution in [3.05, 3.63) is 29.6 Å². The number of benzene rings is 1. The molecule has 6 heteroatoms. The summed E-state index contributed by atoms with van der Waals surface area (Å²) >= 11 is 0. The standard InChI is InChI=1S/C13H16FNO4/c1-15(12(16)8-13(17)18)6-5-9-7-10(14)3-4-11(9)19-2/h3-4,7H,5-6,8H2,1-2H3,(H,17,18). The first kappa shape index (κ1) is 14.9. The molecule has 0 aromatic heterocycles.